The standard InChI is InChI=1S/C30H40FN3O2S/c1-18-12-25(37-24(18)14-20-15-33(16-20)28(35)36-29(3,4)5)27-26-22(21-10-8-9-11-23(21)32-26)13-19(2)34(27)17-30(6,7)31/h8-12,19-20,27,32H,13-17H2,1-7H3/t19-,27-/m1/s1. The third-order valence-electron chi connectivity index (χ3n) is 7.47. The molecule has 0 radical (unpaired) electrons. The first-order chi connectivity index (χ1) is 17.3. The summed E-state index contributed by atoms with van der Waals surface area (Å²) in [5, 5.41) is 1.28. The Balaban J connectivity index is 1.41. The third kappa shape index (κ3) is 5.44. The normalized spacial score (nSPS) is 21.2. The summed E-state index contributed by atoms with van der Waals surface area (Å²) in [5.74, 6) is 0.438. The zero-order chi connectivity index (χ0) is 26.7. The van der Waals surface area contributed by atoms with Crippen LogP contribution in [0.3, 0.4) is 0 Å². The second-order valence-electron chi connectivity index (χ2n) is 12.6. The van der Waals surface area contributed by atoms with E-state index >= 15 is 4.39 Å². The Bertz CT molecular complexity index is 1290. The fourth-order valence-electron chi connectivity index (χ4n) is 5.81. The van der Waals surface area contributed by atoms with Crippen molar-refractivity contribution in [1.29, 1.82) is 0 Å². The van der Waals surface area contributed by atoms with E-state index in [0.717, 1.165) is 31.4 Å². The fourth-order valence-corrected chi connectivity index (χ4v) is 7.24. The number of ether oxygens (including phenoxy) is 1. The molecule has 5 nitrogen and oxygen atoms in total. The molecular formula is C30H40FN3O2S. The molecule has 0 spiro atoms. The summed E-state index contributed by atoms with van der Waals surface area (Å²) in [7, 11) is 0. The summed E-state index contributed by atoms with van der Waals surface area (Å²) in [6.07, 6.45) is 1.64. The van der Waals surface area contributed by atoms with Gasteiger partial charge >= 0.3 is 6.09 Å². The van der Waals surface area contributed by atoms with E-state index in [4.69, 9.17) is 4.74 Å². The molecule has 2 aliphatic heterocycles. The smallest absolute Gasteiger partial charge is 0.410 e. The van der Waals surface area contributed by atoms with Crippen molar-refractivity contribution in [2.75, 3.05) is 19.6 Å². The number of carbonyl (C=O) groups is 1. The predicted octanol–water partition coefficient (Wildman–Crippen LogP) is 7.03. The van der Waals surface area contributed by atoms with Gasteiger partial charge in [0.25, 0.3) is 0 Å². The topological polar surface area (TPSA) is 48.6 Å². The molecule has 1 aromatic carbocycles. The van der Waals surface area contributed by atoms with Gasteiger partial charge in [0.2, 0.25) is 0 Å². The van der Waals surface area contributed by atoms with E-state index in [0.29, 0.717) is 12.5 Å². The largest absolute Gasteiger partial charge is 0.444 e. The highest BCUT2D eigenvalue weighted by Gasteiger charge is 2.40. The lowest BCUT2D eigenvalue weighted by Gasteiger charge is -2.42. The SMILES string of the molecule is Cc1cc([C@@H]2c3[nH]c4ccccc4c3C[C@@H](C)N2CC(C)(C)F)sc1CC1CN(C(=O)OC(C)(C)C)C1. The minimum absolute atomic E-state index is 0.00159. The van der Waals surface area contributed by atoms with Crippen LogP contribution in [0.5, 0.6) is 0 Å². The number of para-hydroxylation sites is 1. The van der Waals surface area contributed by atoms with Crippen LogP contribution in [0.15, 0.2) is 30.3 Å². The van der Waals surface area contributed by atoms with Crippen molar-refractivity contribution < 1.29 is 13.9 Å². The number of hydrogen-bond donors (Lipinski definition) is 1. The molecule has 200 valence electrons. The summed E-state index contributed by atoms with van der Waals surface area (Å²) in [5.41, 5.74) is 3.24. The average Bonchev–Trinajstić information content (AvgIpc) is 3.28. The maximum absolute atomic E-state index is 15.0. The first-order valence-electron chi connectivity index (χ1n) is 13.4. The molecule has 0 bridgehead atoms. The van der Waals surface area contributed by atoms with Gasteiger partial charge in [0.15, 0.2) is 0 Å². The number of halogens is 1. The molecule has 1 amide bonds. The quantitative estimate of drug-likeness (QED) is 0.389. The number of alkyl halides is 1. The summed E-state index contributed by atoms with van der Waals surface area (Å²) in [6.45, 7) is 15.3. The number of nitrogens with zero attached hydrogens (tertiary/aromatic N) is 2. The van der Waals surface area contributed by atoms with E-state index in [9.17, 15) is 4.79 Å². The number of aromatic amines is 1. The van der Waals surface area contributed by atoms with Gasteiger partial charge in [0.1, 0.15) is 11.3 Å². The van der Waals surface area contributed by atoms with Crippen LogP contribution < -0.4 is 0 Å². The van der Waals surface area contributed by atoms with Gasteiger partial charge < -0.3 is 14.6 Å². The first-order valence-corrected chi connectivity index (χ1v) is 14.2. The van der Waals surface area contributed by atoms with E-state index in [2.05, 4.69) is 54.1 Å². The van der Waals surface area contributed by atoms with Crippen molar-refractivity contribution in [3.63, 3.8) is 0 Å². The van der Waals surface area contributed by atoms with Crippen molar-refractivity contribution in [1.82, 2.24) is 14.8 Å². The number of fused-ring (bicyclic) bond motifs is 3. The number of hydrogen-bond acceptors (Lipinski definition) is 4. The zero-order valence-electron chi connectivity index (χ0n) is 23.2. The number of benzene rings is 1. The minimum Gasteiger partial charge on any atom is -0.444 e. The number of likely N-dealkylation sites (tertiary alicyclic amines) is 1. The number of aromatic nitrogens is 1. The maximum atomic E-state index is 15.0. The Hall–Kier alpha value is -2.38. The molecule has 37 heavy (non-hydrogen) atoms. The molecule has 0 saturated carbocycles. The van der Waals surface area contributed by atoms with E-state index in [1.54, 1.807) is 18.7 Å². The predicted molar refractivity (Wildman–Crippen MR) is 149 cm³/mol. The number of carbonyl (C=O) groups excluding carboxylic acids is 1. The molecule has 2 aromatic heterocycles. The van der Waals surface area contributed by atoms with Crippen LogP contribution in [0.1, 0.15) is 74.2 Å². The van der Waals surface area contributed by atoms with Gasteiger partial charge in [-0.2, -0.15) is 0 Å². The van der Waals surface area contributed by atoms with Gasteiger partial charge in [-0.15, -0.1) is 11.3 Å². The van der Waals surface area contributed by atoms with Gasteiger partial charge in [-0.3, -0.25) is 4.90 Å². The second-order valence-corrected chi connectivity index (χ2v) is 13.8. The van der Waals surface area contributed by atoms with Gasteiger partial charge in [-0.25, -0.2) is 9.18 Å². The molecule has 7 heteroatoms. The van der Waals surface area contributed by atoms with Crippen molar-refractivity contribution in [3.05, 3.63) is 56.9 Å². The molecular weight excluding hydrogens is 485 g/mol. The molecule has 1 saturated heterocycles. The van der Waals surface area contributed by atoms with Gasteiger partial charge in [-0.05, 0) is 90.5 Å². The van der Waals surface area contributed by atoms with Crippen LogP contribution in [-0.2, 0) is 17.6 Å². The van der Waals surface area contributed by atoms with Crippen molar-refractivity contribution in [2.45, 2.75) is 84.7 Å². The fraction of sp³-hybridized carbons (Fsp3) is 0.567. The number of amides is 1. The van der Waals surface area contributed by atoms with E-state index < -0.39 is 11.3 Å². The number of rotatable bonds is 5. The van der Waals surface area contributed by atoms with Crippen LogP contribution in [0, 0.1) is 12.8 Å². The Morgan fingerprint density at radius 1 is 1.19 bits per heavy atom. The van der Waals surface area contributed by atoms with Crippen LogP contribution in [0.4, 0.5) is 9.18 Å². The maximum Gasteiger partial charge on any atom is 0.410 e. The van der Waals surface area contributed by atoms with Gasteiger partial charge in [0, 0.05) is 52.0 Å². The Kier molecular flexibility index (Phi) is 6.68. The monoisotopic (exact) mass is 525 g/mol. The Labute approximate surface area is 224 Å². The van der Waals surface area contributed by atoms with Gasteiger partial charge in [0.05, 0.1) is 6.04 Å². The van der Waals surface area contributed by atoms with Crippen molar-refractivity contribution in [2.24, 2.45) is 5.92 Å². The van der Waals surface area contributed by atoms with Crippen LogP contribution in [0.2, 0.25) is 0 Å². The lowest BCUT2D eigenvalue weighted by atomic mass is 9.90. The highest BCUT2D eigenvalue weighted by Crippen LogP contribution is 2.44. The molecule has 5 rings (SSSR count). The summed E-state index contributed by atoms with van der Waals surface area (Å²) in [6, 6.07) is 11.0. The Morgan fingerprint density at radius 2 is 1.89 bits per heavy atom. The lowest BCUT2D eigenvalue weighted by Crippen LogP contribution is -2.52. The summed E-state index contributed by atoms with van der Waals surface area (Å²) in [4.78, 5) is 22.8. The van der Waals surface area contributed by atoms with Crippen molar-refractivity contribution >= 4 is 28.3 Å². The second kappa shape index (κ2) is 9.42. The zero-order valence-corrected chi connectivity index (χ0v) is 24.0. The van der Waals surface area contributed by atoms with E-state index in [1.165, 1.54) is 32.0 Å². The van der Waals surface area contributed by atoms with E-state index in [1.807, 2.05) is 32.1 Å². The van der Waals surface area contributed by atoms with E-state index in [-0.39, 0.29) is 18.2 Å². The molecule has 1 N–H and O–H groups in total. The average molecular weight is 526 g/mol. The molecule has 2 aliphatic rings. The number of aryl methyl sites for hydroxylation is 1. The number of thiophene rings is 1. The van der Waals surface area contributed by atoms with Crippen LogP contribution in [-0.4, -0.2) is 57.8 Å². The summed E-state index contributed by atoms with van der Waals surface area (Å²) < 4.78 is 20.6. The molecule has 4 heterocycles. The first kappa shape index (κ1) is 26.2. The third-order valence-corrected chi connectivity index (χ3v) is 8.78. The van der Waals surface area contributed by atoms with Crippen molar-refractivity contribution in [3.8, 4) is 0 Å². The Morgan fingerprint density at radius 3 is 2.57 bits per heavy atom. The summed E-state index contributed by atoms with van der Waals surface area (Å²) >= 11 is 1.85. The minimum atomic E-state index is -1.29. The number of H-pyrrole nitrogens is 1. The number of nitrogens with one attached hydrogen (secondary N) is 1. The molecule has 3 aromatic rings. The van der Waals surface area contributed by atoms with Crippen LogP contribution in [0.25, 0.3) is 10.9 Å². The highest BCUT2D eigenvalue weighted by molar-refractivity contribution is 7.12. The lowest BCUT2D eigenvalue weighted by molar-refractivity contribution is -0.000788. The molecule has 0 aliphatic carbocycles. The molecule has 0 unspecified atom stereocenters. The van der Waals surface area contributed by atoms with Gasteiger partial charge in [-0.1, -0.05) is 18.2 Å². The van der Waals surface area contributed by atoms with Crippen LogP contribution >= 0.6 is 11.3 Å². The molecule has 1 fully saturated rings. The molecule has 2 atom stereocenters. The highest BCUT2D eigenvalue weighted by atomic mass is 32.1.